The predicted molar refractivity (Wildman–Crippen MR) is 81.6 cm³/mol. The van der Waals surface area contributed by atoms with Crippen molar-refractivity contribution in [3.63, 3.8) is 0 Å². The highest BCUT2D eigenvalue weighted by atomic mass is 35.5. The average molecular weight is 316 g/mol. The van der Waals surface area contributed by atoms with Crippen molar-refractivity contribution >= 4 is 23.0 Å². The summed E-state index contributed by atoms with van der Waals surface area (Å²) in [7, 11) is 3.72. The van der Waals surface area contributed by atoms with Crippen molar-refractivity contribution < 1.29 is 9.31 Å². The normalized spacial score (nSPS) is 22.1. The third-order valence-corrected chi connectivity index (χ3v) is 4.54. The van der Waals surface area contributed by atoms with E-state index < -0.39 is 10.7 Å². The minimum atomic E-state index is -0.631. The summed E-state index contributed by atoms with van der Waals surface area (Å²) >= 11 is 5.65. The van der Waals surface area contributed by atoms with Crippen LogP contribution >= 0.6 is 11.6 Å². The van der Waals surface area contributed by atoms with Gasteiger partial charge in [-0.1, -0.05) is 11.6 Å². The molecule has 0 aromatic heterocycles. The molecular weight excluding hydrogens is 297 g/mol. The van der Waals surface area contributed by atoms with Crippen LogP contribution in [-0.4, -0.2) is 31.1 Å². The summed E-state index contributed by atoms with van der Waals surface area (Å²) < 4.78 is 13.7. The van der Waals surface area contributed by atoms with Gasteiger partial charge >= 0.3 is 0 Å². The summed E-state index contributed by atoms with van der Waals surface area (Å²) in [6.07, 6.45) is 3.86. The second-order valence-electron chi connectivity index (χ2n) is 5.42. The molecule has 0 saturated heterocycles. The molecule has 2 rings (SSSR count). The van der Waals surface area contributed by atoms with E-state index in [0.29, 0.717) is 6.04 Å². The number of nitrogens with one attached hydrogen (secondary N) is 1. The van der Waals surface area contributed by atoms with E-state index in [0.717, 1.165) is 37.8 Å². The van der Waals surface area contributed by atoms with Crippen molar-refractivity contribution in [2.24, 2.45) is 0 Å². The number of hydrogen-bond donors (Lipinski definition) is 1. The molecule has 1 aliphatic carbocycles. The molecule has 21 heavy (non-hydrogen) atoms. The maximum atomic E-state index is 13.7. The number of halogens is 2. The Hall–Kier alpha value is -1.40. The lowest BCUT2D eigenvalue weighted by Gasteiger charge is -2.35. The largest absolute Gasteiger partial charge is 0.366 e. The van der Waals surface area contributed by atoms with Crippen LogP contribution in [0.25, 0.3) is 0 Å². The van der Waals surface area contributed by atoms with Crippen molar-refractivity contribution in [3.8, 4) is 0 Å². The van der Waals surface area contributed by atoms with Gasteiger partial charge in [0.05, 0.1) is 9.95 Å². The van der Waals surface area contributed by atoms with Crippen molar-refractivity contribution in [2.45, 2.75) is 37.8 Å². The second kappa shape index (κ2) is 6.58. The molecule has 0 unspecified atom stereocenters. The molecular formula is C14H19ClFN3O2. The van der Waals surface area contributed by atoms with Crippen molar-refractivity contribution in [3.05, 3.63) is 33.1 Å². The molecule has 116 valence electrons. The van der Waals surface area contributed by atoms with E-state index in [9.17, 15) is 14.5 Å². The van der Waals surface area contributed by atoms with Crippen molar-refractivity contribution in [2.75, 3.05) is 19.0 Å². The zero-order chi connectivity index (χ0) is 15.6. The SMILES string of the molecule is CNC1CCC(N(C)c2cc(F)c(Cl)cc2[N+](=O)[O-])CC1. The number of rotatable bonds is 4. The van der Waals surface area contributed by atoms with E-state index in [2.05, 4.69) is 5.32 Å². The Morgan fingerprint density at radius 3 is 2.52 bits per heavy atom. The number of nitro groups is 1. The van der Waals surface area contributed by atoms with Crippen LogP contribution in [0.3, 0.4) is 0 Å². The maximum absolute atomic E-state index is 13.7. The maximum Gasteiger partial charge on any atom is 0.294 e. The van der Waals surface area contributed by atoms with E-state index in [-0.39, 0.29) is 22.4 Å². The lowest BCUT2D eigenvalue weighted by atomic mass is 9.90. The van der Waals surface area contributed by atoms with E-state index in [1.165, 1.54) is 0 Å². The second-order valence-corrected chi connectivity index (χ2v) is 5.82. The number of anilines is 1. The number of hydrogen-bond acceptors (Lipinski definition) is 4. The summed E-state index contributed by atoms with van der Waals surface area (Å²) in [6, 6.07) is 2.91. The monoisotopic (exact) mass is 315 g/mol. The Labute approximate surface area is 128 Å². The lowest BCUT2D eigenvalue weighted by Crippen LogP contribution is -2.40. The van der Waals surface area contributed by atoms with Gasteiger partial charge in [0, 0.05) is 31.3 Å². The van der Waals surface area contributed by atoms with Crippen LogP contribution in [0.4, 0.5) is 15.8 Å². The Morgan fingerprint density at radius 1 is 1.38 bits per heavy atom. The molecule has 0 bridgehead atoms. The zero-order valence-electron chi connectivity index (χ0n) is 12.1. The molecule has 0 spiro atoms. The first-order valence-electron chi connectivity index (χ1n) is 6.97. The minimum Gasteiger partial charge on any atom is -0.366 e. The van der Waals surface area contributed by atoms with Gasteiger partial charge in [-0.3, -0.25) is 10.1 Å². The highest BCUT2D eigenvalue weighted by Crippen LogP contribution is 2.35. The van der Waals surface area contributed by atoms with Crippen LogP contribution in [0.5, 0.6) is 0 Å². The third-order valence-electron chi connectivity index (χ3n) is 4.25. The van der Waals surface area contributed by atoms with Gasteiger partial charge in [0.1, 0.15) is 11.5 Å². The van der Waals surface area contributed by atoms with Gasteiger partial charge in [-0.05, 0) is 32.7 Å². The Kier molecular flexibility index (Phi) is 5.00. The summed E-state index contributed by atoms with van der Waals surface area (Å²) in [5.41, 5.74) is 0.134. The summed E-state index contributed by atoms with van der Waals surface area (Å²) in [5, 5.41) is 14.2. The summed E-state index contributed by atoms with van der Waals surface area (Å²) in [4.78, 5) is 12.5. The fourth-order valence-electron chi connectivity index (χ4n) is 2.90. The smallest absolute Gasteiger partial charge is 0.294 e. The first kappa shape index (κ1) is 16.0. The van der Waals surface area contributed by atoms with Gasteiger partial charge in [0.2, 0.25) is 0 Å². The van der Waals surface area contributed by atoms with E-state index in [4.69, 9.17) is 11.6 Å². The summed E-state index contributed by atoms with van der Waals surface area (Å²) in [5.74, 6) is -0.631. The van der Waals surface area contributed by atoms with Gasteiger partial charge < -0.3 is 10.2 Å². The fourth-order valence-corrected chi connectivity index (χ4v) is 3.06. The Bertz CT molecular complexity index is 533. The highest BCUT2D eigenvalue weighted by molar-refractivity contribution is 6.31. The molecule has 0 amide bonds. The molecule has 0 aliphatic heterocycles. The van der Waals surface area contributed by atoms with Gasteiger partial charge in [-0.2, -0.15) is 0 Å². The van der Waals surface area contributed by atoms with Gasteiger partial charge in [-0.15, -0.1) is 0 Å². The van der Waals surface area contributed by atoms with Crippen molar-refractivity contribution in [1.29, 1.82) is 0 Å². The molecule has 1 fully saturated rings. The fraction of sp³-hybridized carbons (Fsp3) is 0.571. The zero-order valence-corrected chi connectivity index (χ0v) is 12.9. The average Bonchev–Trinajstić information content (AvgIpc) is 2.48. The number of benzene rings is 1. The predicted octanol–water partition coefficient (Wildman–Crippen LogP) is 3.35. The Morgan fingerprint density at radius 2 is 2.00 bits per heavy atom. The molecule has 0 radical (unpaired) electrons. The minimum absolute atomic E-state index is 0.153. The number of nitro benzene ring substituents is 1. The standard InChI is InChI=1S/C14H19ClFN3O2/c1-17-9-3-5-10(6-4-9)18(2)13-8-12(16)11(15)7-14(13)19(20)21/h7-10,17H,3-6H2,1-2H3. The summed E-state index contributed by atoms with van der Waals surface area (Å²) in [6.45, 7) is 0. The topological polar surface area (TPSA) is 58.4 Å². The van der Waals surface area contributed by atoms with Crippen LogP contribution in [0.2, 0.25) is 5.02 Å². The lowest BCUT2D eigenvalue weighted by molar-refractivity contribution is -0.384. The highest BCUT2D eigenvalue weighted by Gasteiger charge is 2.28. The molecule has 0 atom stereocenters. The molecule has 1 N–H and O–H groups in total. The van der Waals surface area contributed by atoms with E-state index in [1.54, 1.807) is 7.05 Å². The van der Waals surface area contributed by atoms with Crippen LogP contribution in [0.15, 0.2) is 12.1 Å². The molecule has 1 aliphatic rings. The van der Waals surface area contributed by atoms with Gasteiger partial charge in [-0.25, -0.2) is 4.39 Å². The van der Waals surface area contributed by atoms with E-state index >= 15 is 0 Å². The van der Waals surface area contributed by atoms with Crippen LogP contribution < -0.4 is 10.2 Å². The molecule has 1 aromatic carbocycles. The first-order valence-corrected chi connectivity index (χ1v) is 7.35. The van der Waals surface area contributed by atoms with Crippen LogP contribution in [0.1, 0.15) is 25.7 Å². The molecule has 1 saturated carbocycles. The van der Waals surface area contributed by atoms with E-state index in [1.807, 2.05) is 11.9 Å². The van der Waals surface area contributed by atoms with Crippen LogP contribution in [0, 0.1) is 15.9 Å². The molecule has 5 nitrogen and oxygen atoms in total. The molecule has 0 heterocycles. The number of nitrogens with zero attached hydrogens (tertiary/aromatic N) is 2. The van der Waals surface area contributed by atoms with Gasteiger partial charge in [0.25, 0.3) is 5.69 Å². The first-order chi connectivity index (χ1) is 9.93. The van der Waals surface area contributed by atoms with Crippen LogP contribution in [-0.2, 0) is 0 Å². The molecule has 7 heteroatoms. The van der Waals surface area contributed by atoms with Crippen molar-refractivity contribution in [1.82, 2.24) is 5.32 Å². The quantitative estimate of drug-likeness (QED) is 0.684. The Balaban J connectivity index is 2.24. The third kappa shape index (κ3) is 3.44. The van der Waals surface area contributed by atoms with Gasteiger partial charge in [0.15, 0.2) is 0 Å². The molecule has 1 aromatic rings.